The van der Waals surface area contributed by atoms with E-state index < -0.39 is 0 Å². The van der Waals surface area contributed by atoms with Crippen molar-refractivity contribution in [2.75, 3.05) is 19.6 Å². The Morgan fingerprint density at radius 2 is 1.89 bits per heavy atom. The van der Waals surface area contributed by atoms with Crippen LogP contribution in [0.3, 0.4) is 0 Å². The molecule has 1 heterocycles. The van der Waals surface area contributed by atoms with E-state index in [1.165, 1.54) is 50.9 Å². The second-order valence-corrected chi connectivity index (χ2v) is 5.52. The van der Waals surface area contributed by atoms with E-state index in [0.29, 0.717) is 11.8 Å². The summed E-state index contributed by atoms with van der Waals surface area (Å²) in [6, 6.07) is 8.12. The van der Waals surface area contributed by atoms with Crippen LogP contribution in [0.25, 0.3) is 0 Å². The lowest BCUT2D eigenvalue weighted by atomic mass is 10.0. The van der Waals surface area contributed by atoms with Crippen LogP contribution in [0.5, 0.6) is 5.75 Å². The van der Waals surface area contributed by atoms with Crippen LogP contribution in [0, 0.1) is 0 Å². The summed E-state index contributed by atoms with van der Waals surface area (Å²) in [6.45, 7) is 6.88. The molecule has 0 aliphatic carbocycles. The van der Waals surface area contributed by atoms with Crippen LogP contribution in [0.2, 0.25) is 0 Å². The van der Waals surface area contributed by atoms with E-state index in [-0.39, 0.29) is 0 Å². The van der Waals surface area contributed by atoms with Crippen molar-refractivity contribution in [2.45, 2.75) is 45.2 Å². The average molecular weight is 262 g/mol. The molecule has 1 fully saturated rings. The largest absolute Gasteiger partial charge is 0.508 e. The van der Waals surface area contributed by atoms with E-state index in [0.717, 1.165) is 6.54 Å². The van der Waals surface area contributed by atoms with Crippen LogP contribution in [-0.2, 0) is 6.54 Å². The van der Waals surface area contributed by atoms with Crippen molar-refractivity contribution in [2.24, 2.45) is 0 Å². The highest BCUT2D eigenvalue weighted by atomic mass is 16.3. The highest BCUT2D eigenvalue weighted by Gasteiger charge is 2.17. The number of rotatable bonds is 6. The molecule has 0 atom stereocenters. The molecule has 3 nitrogen and oxygen atoms in total. The van der Waals surface area contributed by atoms with Crippen molar-refractivity contribution < 1.29 is 5.11 Å². The Morgan fingerprint density at radius 3 is 2.53 bits per heavy atom. The molecule has 0 saturated carbocycles. The van der Waals surface area contributed by atoms with Crippen LogP contribution >= 0.6 is 0 Å². The van der Waals surface area contributed by atoms with Gasteiger partial charge in [-0.2, -0.15) is 0 Å². The standard InChI is InChI=1S/C16H26N2O/c1-2-3-10-18-11-8-15(9-12-18)17-13-14-4-6-16(19)7-5-14/h4-7,15,17,19H,2-3,8-13H2,1H3. The van der Waals surface area contributed by atoms with Crippen molar-refractivity contribution >= 4 is 0 Å². The van der Waals surface area contributed by atoms with Gasteiger partial charge in [-0.25, -0.2) is 0 Å². The van der Waals surface area contributed by atoms with E-state index in [1.807, 2.05) is 12.1 Å². The first kappa shape index (κ1) is 14.4. The van der Waals surface area contributed by atoms with Crippen LogP contribution in [0.15, 0.2) is 24.3 Å². The van der Waals surface area contributed by atoms with Gasteiger partial charge in [0.2, 0.25) is 0 Å². The topological polar surface area (TPSA) is 35.5 Å². The summed E-state index contributed by atoms with van der Waals surface area (Å²) in [5.74, 6) is 0.341. The third-order valence-corrected chi connectivity index (χ3v) is 3.95. The van der Waals surface area contributed by atoms with Gasteiger partial charge in [-0.15, -0.1) is 0 Å². The molecule has 0 spiro atoms. The molecule has 1 aromatic rings. The Morgan fingerprint density at radius 1 is 1.21 bits per heavy atom. The highest BCUT2D eigenvalue weighted by Crippen LogP contribution is 2.13. The molecule has 0 amide bonds. The zero-order valence-corrected chi connectivity index (χ0v) is 11.9. The third kappa shape index (κ3) is 4.84. The number of unbranched alkanes of at least 4 members (excludes halogenated alkanes) is 1. The van der Waals surface area contributed by atoms with Crippen LogP contribution in [-0.4, -0.2) is 35.7 Å². The van der Waals surface area contributed by atoms with Gasteiger partial charge in [0.1, 0.15) is 5.75 Å². The molecular formula is C16H26N2O. The van der Waals surface area contributed by atoms with Gasteiger partial charge >= 0.3 is 0 Å². The summed E-state index contributed by atoms with van der Waals surface area (Å²) in [4.78, 5) is 2.59. The number of aromatic hydroxyl groups is 1. The highest BCUT2D eigenvalue weighted by molar-refractivity contribution is 5.25. The first-order chi connectivity index (χ1) is 9.28. The van der Waals surface area contributed by atoms with Gasteiger partial charge in [0, 0.05) is 12.6 Å². The van der Waals surface area contributed by atoms with Crippen LogP contribution < -0.4 is 5.32 Å². The SMILES string of the molecule is CCCCN1CCC(NCc2ccc(O)cc2)CC1. The molecule has 1 saturated heterocycles. The van der Waals surface area contributed by atoms with Crippen molar-refractivity contribution in [1.82, 2.24) is 10.2 Å². The Kier molecular flexibility index (Phi) is 5.67. The number of benzene rings is 1. The fourth-order valence-corrected chi connectivity index (χ4v) is 2.62. The number of hydrogen-bond acceptors (Lipinski definition) is 3. The lowest BCUT2D eigenvalue weighted by Crippen LogP contribution is -2.42. The molecule has 19 heavy (non-hydrogen) atoms. The number of likely N-dealkylation sites (tertiary alicyclic amines) is 1. The summed E-state index contributed by atoms with van der Waals surface area (Å²) in [6.07, 6.45) is 5.12. The summed E-state index contributed by atoms with van der Waals surface area (Å²) in [7, 11) is 0. The first-order valence-corrected chi connectivity index (χ1v) is 7.51. The fourth-order valence-electron chi connectivity index (χ4n) is 2.62. The first-order valence-electron chi connectivity index (χ1n) is 7.51. The summed E-state index contributed by atoms with van der Waals surface area (Å²) in [5.41, 5.74) is 1.24. The van der Waals surface area contributed by atoms with Crippen molar-refractivity contribution in [3.63, 3.8) is 0 Å². The predicted molar refractivity (Wildman–Crippen MR) is 79.3 cm³/mol. The minimum atomic E-state index is 0.341. The zero-order chi connectivity index (χ0) is 13.5. The quantitative estimate of drug-likeness (QED) is 0.827. The number of nitrogens with zero attached hydrogens (tertiary/aromatic N) is 1. The van der Waals surface area contributed by atoms with Gasteiger partial charge in [0.15, 0.2) is 0 Å². The molecule has 1 aromatic carbocycles. The van der Waals surface area contributed by atoms with Gasteiger partial charge in [-0.3, -0.25) is 0 Å². The number of phenolic OH excluding ortho intramolecular Hbond substituents is 1. The summed E-state index contributed by atoms with van der Waals surface area (Å²) < 4.78 is 0. The Balaban J connectivity index is 1.67. The number of piperidine rings is 1. The van der Waals surface area contributed by atoms with Crippen molar-refractivity contribution in [3.8, 4) is 5.75 Å². The number of hydrogen-bond donors (Lipinski definition) is 2. The number of phenols is 1. The lowest BCUT2D eigenvalue weighted by Gasteiger charge is -2.32. The second-order valence-electron chi connectivity index (χ2n) is 5.52. The monoisotopic (exact) mass is 262 g/mol. The molecule has 0 bridgehead atoms. The maximum atomic E-state index is 9.25. The minimum Gasteiger partial charge on any atom is -0.508 e. The fraction of sp³-hybridized carbons (Fsp3) is 0.625. The molecule has 1 aliphatic rings. The molecule has 2 N–H and O–H groups in total. The number of nitrogens with one attached hydrogen (secondary N) is 1. The van der Waals surface area contributed by atoms with Gasteiger partial charge in [-0.1, -0.05) is 25.5 Å². The van der Waals surface area contributed by atoms with Crippen molar-refractivity contribution in [1.29, 1.82) is 0 Å². The molecule has 2 rings (SSSR count). The zero-order valence-electron chi connectivity index (χ0n) is 11.9. The Hall–Kier alpha value is -1.06. The summed E-state index contributed by atoms with van der Waals surface area (Å²) >= 11 is 0. The smallest absolute Gasteiger partial charge is 0.115 e. The predicted octanol–water partition coefficient (Wildman–Crippen LogP) is 2.75. The van der Waals surface area contributed by atoms with E-state index >= 15 is 0 Å². The minimum absolute atomic E-state index is 0.341. The molecule has 1 aliphatic heterocycles. The second kappa shape index (κ2) is 7.51. The third-order valence-electron chi connectivity index (χ3n) is 3.95. The maximum Gasteiger partial charge on any atom is 0.115 e. The normalized spacial score (nSPS) is 17.7. The van der Waals surface area contributed by atoms with Crippen molar-refractivity contribution in [3.05, 3.63) is 29.8 Å². The lowest BCUT2D eigenvalue weighted by molar-refractivity contribution is 0.195. The Bertz CT molecular complexity index is 356. The van der Waals surface area contributed by atoms with Gasteiger partial charge < -0.3 is 15.3 Å². The van der Waals surface area contributed by atoms with Crippen LogP contribution in [0.1, 0.15) is 38.2 Å². The molecule has 0 unspecified atom stereocenters. The Labute approximate surface area is 116 Å². The molecule has 106 valence electrons. The van der Waals surface area contributed by atoms with Gasteiger partial charge in [-0.05, 0) is 56.6 Å². The molecule has 3 heteroatoms. The molecule has 0 radical (unpaired) electrons. The molecule has 0 aromatic heterocycles. The van der Waals surface area contributed by atoms with Crippen LogP contribution in [0.4, 0.5) is 0 Å². The maximum absolute atomic E-state index is 9.25. The van der Waals surface area contributed by atoms with Gasteiger partial charge in [0.25, 0.3) is 0 Å². The van der Waals surface area contributed by atoms with E-state index in [2.05, 4.69) is 17.1 Å². The van der Waals surface area contributed by atoms with E-state index in [1.54, 1.807) is 12.1 Å². The van der Waals surface area contributed by atoms with E-state index in [9.17, 15) is 5.11 Å². The average Bonchev–Trinajstić information content (AvgIpc) is 2.46. The van der Waals surface area contributed by atoms with Gasteiger partial charge in [0.05, 0.1) is 0 Å². The summed E-state index contributed by atoms with van der Waals surface area (Å²) in [5, 5.41) is 12.9. The molecular weight excluding hydrogens is 236 g/mol. The van der Waals surface area contributed by atoms with E-state index in [4.69, 9.17) is 0 Å².